The molecule has 2 aromatic carbocycles. The number of nitrogens with one attached hydrogen (secondary N) is 2. The van der Waals surface area contributed by atoms with Gasteiger partial charge in [0, 0.05) is 36.8 Å². The summed E-state index contributed by atoms with van der Waals surface area (Å²) in [7, 11) is -3.64. The Morgan fingerprint density at radius 3 is 2.02 bits per heavy atom. The number of alkyl halides is 3. The minimum Gasteiger partial charge on any atom is -0.458 e. The molecule has 2 rings (SSSR count). The van der Waals surface area contributed by atoms with Gasteiger partial charge in [-0.05, 0) is 77.6 Å². The zero-order valence-corrected chi connectivity index (χ0v) is 27.8. The highest BCUT2D eigenvalue weighted by Gasteiger charge is 2.43. The molecule has 1 amide bonds. The average Bonchev–Trinajstić information content (AvgIpc) is 2.82. The summed E-state index contributed by atoms with van der Waals surface area (Å²) in [6, 6.07) is 9.08. The summed E-state index contributed by atoms with van der Waals surface area (Å²) < 4.78 is 72.9. The van der Waals surface area contributed by atoms with Gasteiger partial charge in [0.25, 0.3) is 0 Å². The van der Waals surface area contributed by atoms with Crippen molar-refractivity contribution in [3.05, 3.63) is 58.1 Å². The molecule has 0 aromatic heterocycles. The summed E-state index contributed by atoms with van der Waals surface area (Å²) in [5.41, 5.74) is -3.24. The van der Waals surface area contributed by atoms with E-state index in [1.54, 1.807) is 53.7 Å². The Hall–Kier alpha value is -2.54. The van der Waals surface area contributed by atoms with E-state index in [9.17, 15) is 32.1 Å². The molecule has 3 atom stereocenters. The number of halogens is 5. The van der Waals surface area contributed by atoms with Crippen LogP contribution in [0.1, 0.15) is 66.4 Å². The van der Waals surface area contributed by atoms with Gasteiger partial charge in [0.15, 0.2) is 0 Å². The highest BCUT2D eigenvalue weighted by atomic mass is 35.5. The Bertz CT molecular complexity index is 1420. The lowest BCUT2D eigenvalue weighted by molar-refractivity contribution is -0.179. The number of carbonyl (C=O) groups excluding carboxylic acids is 2. The Labute approximate surface area is 266 Å². The Kier molecular flexibility index (Phi) is 12.2. The van der Waals surface area contributed by atoms with Crippen LogP contribution in [-0.4, -0.2) is 56.3 Å². The van der Waals surface area contributed by atoms with Crippen molar-refractivity contribution in [3.8, 4) is 11.1 Å². The molecule has 2 unspecified atom stereocenters. The number of benzene rings is 2. The lowest BCUT2D eigenvalue weighted by atomic mass is 9.86. The Balaban J connectivity index is 2.24. The van der Waals surface area contributed by atoms with Gasteiger partial charge in [-0.2, -0.15) is 13.2 Å². The van der Waals surface area contributed by atoms with Crippen LogP contribution >= 0.6 is 23.2 Å². The summed E-state index contributed by atoms with van der Waals surface area (Å²) in [6.07, 6.45) is -8.34. The van der Waals surface area contributed by atoms with Crippen LogP contribution < -0.4 is 5.32 Å². The fourth-order valence-corrected chi connectivity index (χ4v) is 6.17. The summed E-state index contributed by atoms with van der Waals surface area (Å²) >= 11 is 12.2. The smallest absolute Gasteiger partial charge is 0.408 e. The molecule has 0 fully saturated rings. The SMILES string of the molecule is CC(C)(C)OC(=O)N[C@@H](CCS(=N)(=O)CCC(O)(CC(F)(F)F)c1ccc(-c2ccc(Cl)cc2Cl)cc1)C(=O)OC(C)(C)C. The zero-order chi connectivity index (χ0) is 33.7. The van der Waals surface area contributed by atoms with Gasteiger partial charge in [-0.25, -0.2) is 13.8 Å². The molecule has 0 heterocycles. The molecule has 0 saturated heterocycles. The second-order valence-electron chi connectivity index (χ2n) is 12.5. The summed E-state index contributed by atoms with van der Waals surface area (Å²) in [5.74, 6) is -1.94. The van der Waals surface area contributed by atoms with Crippen molar-refractivity contribution in [2.75, 3.05) is 11.5 Å². The first-order valence-electron chi connectivity index (χ1n) is 13.7. The molecule has 0 aliphatic heterocycles. The minimum atomic E-state index is -4.78. The molecule has 246 valence electrons. The topological polar surface area (TPSA) is 126 Å². The monoisotopic (exact) mass is 682 g/mol. The van der Waals surface area contributed by atoms with E-state index >= 15 is 0 Å². The number of alkyl carbamates (subject to hydrolysis) is 1. The molecule has 0 bridgehead atoms. The van der Waals surface area contributed by atoms with Crippen molar-refractivity contribution in [2.45, 2.75) is 89.8 Å². The van der Waals surface area contributed by atoms with Crippen LogP contribution in [0.2, 0.25) is 10.0 Å². The maximum atomic E-state index is 13.6. The number of rotatable bonds is 11. The van der Waals surface area contributed by atoms with E-state index in [1.807, 2.05) is 0 Å². The third-order valence-corrected chi connectivity index (χ3v) is 8.43. The van der Waals surface area contributed by atoms with Crippen molar-refractivity contribution in [1.29, 1.82) is 4.78 Å². The van der Waals surface area contributed by atoms with E-state index in [1.165, 1.54) is 30.3 Å². The van der Waals surface area contributed by atoms with E-state index in [4.69, 9.17) is 37.5 Å². The van der Waals surface area contributed by atoms with Gasteiger partial charge < -0.3 is 19.9 Å². The summed E-state index contributed by atoms with van der Waals surface area (Å²) in [4.78, 5) is 25.1. The quantitative estimate of drug-likeness (QED) is 0.207. The maximum Gasteiger partial charge on any atom is 0.408 e. The second kappa shape index (κ2) is 14.3. The molecule has 0 saturated carbocycles. The number of aliphatic hydroxyl groups is 1. The van der Waals surface area contributed by atoms with Crippen LogP contribution in [0, 0.1) is 4.78 Å². The molecule has 0 radical (unpaired) electrons. The van der Waals surface area contributed by atoms with Crippen molar-refractivity contribution in [1.82, 2.24) is 5.32 Å². The first kappa shape index (κ1) is 37.6. The normalized spacial score (nSPS) is 15.9. The number of hydrogen-bond donors (Lipinski definition) is 3. The van der Waals surface area contributed by atoms with E-state index in [0.29, 0.717) is 21.2 Å². The van der Waals surface area contributed by atoms with Crippen LogP contribution in [0.4, 0.5) is 18.0 Å². The molecule has 3 N–H and O–H groups in total. The van der Waals surface area contributed by atoms with Gasteiger partial charge in [-0.15, -0.1) is 0 Å². The first-order valence-corrected chi connectivity index (χ1v) is 16.3. The molecule has 0 aliphatic carbocycles. The van der Waals surface area contributed by atoms with Crippen molar-refractivity contribution < 1.29 is 41.5 Å². The van der Waals surface area contributed by atoms with E-state index < -0.39 is 75.2 Å². The number of hydrogen-bond acceptors (Lipinski definition) is 7. The molecule has 14 heteroatoms. The average molecular weight is 684 g/mol. The van der Waals surface area contributed by atoms with Crippen LogP contribution in [0.3, 0.4) is 0 Å². The molecule has 44 heavy (non-hydrogen) atoms. The molecular weight excluding hydrogens is 644 g/mol. The van der Waals surface area contributed by atoms with E-state index in [2.05, 4.69) is 5.32 Å². The standard InChI is InChI=1S/C30H39Cl2F3N2O6S/c1-27(2,3)42-25(38)24(37-26(39)43-28(4,5)6)13-15-44(36,41)16-14-29(40,18-30(33,34)35)20-9-7-19(8-10-20)22-12-11-21(31)17-23(22)32/h7-12,17,24,36,40H,13-16,18H2,1-6H3,(H,37,39)/t24-,29?,44?/m0/s1. The van der Waals surface area contributed by atoms with Gasteiger partial charge in [0.1, 0.15) is 17.2 Å². The van der Waals surface area contributed by atoms with Gasteiger partial charge in [0.2, 0.25) is 0 Å². The van der Waals surface area contributed by atoms with Crippen LogP contribution in [0.15, 0.2) is 42.5 Å². The summed E-state index contributed by atoms with van der Waals surface area (Å²) in [5, 5.41) is 14.3. The number of ether oxygens (including phenoxy) is 2. The predicted molar refractivity (Wildman–Crippen MR) is 165 cm³/mol. The largest absolute Gasteiger partial charge is 0.458 e. The molecule has 2 aromatic rings. The molecule has 0 spiro atoms. The molecule has 0 aliphatic rings. The summed E-state index contributed by atoms with van der Waals surface area (Å²) in [6.45, 7) is 9.69. The van der Waals surface area contributed by atoms with Gasteiger partial charge in [0.05, 0.1) is 12.0 Å². The Morgan fingerprint density at radius 1 is 0.955 bits per heavy atom. The first-order chi connectivity index (χ1) is 19.9. The highest BCUT2D eigenvalue weighted by molar-refractivity contribution is 7.92. The fraction of sp³-hybridized carbons (Fsp3) is 0.533. The zero-order valence-electron chi connectivity index (χ0n) is 25.4. The van der Waals surface area contributed by atoms with Crippen LogP contribution in [0.5, 0.6) is 0 Å². The van der Waals surface area contributed by atoms with Crippen molar-refractivity contribution in [3.63, 3.8) is 0 Å². The van der Waals surface area contributed by atoms with Crippen LogP contribution in [-0.2, 0) is 29.6 Å². The number of carbonyl (C=O) groups is 2. The Morgan fingerprint density at radius 2 is 1.52 bits per heavy atom. The maximum absolute atomic E-state index is 13.6. The number of amides is 1. The van der Waals surface area contributed by atoms with Crippen LogP contribution in [0.25, 0.3) is 11.1 Å². The molecule has 8 nitrogen and oxygen atoms in total. The predicted octanol–water partition coefficient (Wildman–Crippen LogP) is 7.86. The van der Waals surface area contributed by atoms with Gasteiger partial charge in [-0.1, -0.05) is 53.5 Å². The highest BCUT2D eigenvalue weighted by Crippen LogP contribution is 2.39. The number of esters is 1. The van der Waals surface area contributed by atoms with Gasteiger partial charge >= 0.3 is 18.2 Å². The van der Waals surface area contributed by atoms with Crippen molar-refractivity contribution in [2.24, 2.45) is 0 Å². The minimum absolute atomic E-state index is 0.0860. The van der Waals surface area contributed by atoms with E-state index in [0.717, 1.165) is 0 Å². The third kappa shape index (κ3) is 12.8. The van der Waals surface area contributed by atoms with E-state index in [-0.39, 0.29) is 12.0 Å². The lowest BCUT2D eigenvalue weighted by Gasteiger charge is -2.30. The second-order valence-corrected chi connectivity index (χ2v) is 15.8. The third-order valence-electron chi connectivity index (χ3n) is 6.12. The fourth-order valence-electron chi connectivity index (χ4n) is 4.17. The molecular formula is C30H39Cl2F3N2O6S. The lowest BCUT2D eigenvalue weighted by Crippen LogP contribution is -2.46. The van der Waals surface area contributed by atoms with Crippen molar-refractivity contribution >= 4 is 45.0 Å². The van der Waals surface area contributed by atoms with Gasteiger partial charge in [-0.3, -0.25) is 4.78 Å².